The molecule has 1 heterocycles. The van der Waals surface area contributed by atoms with Crippen molar-refractivity contribution in [1.82, 2.24) is 9.78 Å². The molecule has 2 aliphatic rings. The number of hydrogen-bond acceptors (Lipinski definition) is 2. The molecule has 0 atom stereocenters. The quantitative estimate of drug-likeness (QED) is 0.736. The number of nitrogen functional groups attached to an aromatic ring is 1. The predicted molar refractivity (Wildman–Crippen MR) is 55.9 cm³/mol. The minimum atomic E-state index is 0.403. The van der Waals surface area contributed by atoms with Crippen molar-refractivity contribution in [3.63, 3.8) is 0 Å². The normalized spacial score (nSPS) is 35.4. The SMILES string of the molecule is Cn1nc(C23CCC(CC2)C3)cc1N. The Morgan fingerprint density at radius 1 is 1.50 bits per heavy atom. The van der Waals surface area contributed by atoms with Gasteiger partial charge in [0, 0.05) is 18.5 Å². The molecule has 0 aliphatic heterocycles. The van der Waals surface area contributed by atoms with Gasteiger partial charge < -0.3 is 5.73 Å². The maximum atomic E-state index is 5.84. The van der Waals surface area contributed by atoms with E-state index >= 15 is 0 Å². The Morgan fingerprint density at radius 2 is 2.21 bits per heavy atom. The summed E-state index contributed by atoms with van der Waals surface area (Å²) in [5.74, 6) is 1.77. The van der Waals surface area contributed by atoms with Gasteiger partial charge in [-0.2, -0.15) is 5.10 Å². The monoisotopic (exact) mass is 191 g/mol. The maximum Gasteiger partial charge on any atom is 0.121 e. The second-order valence-electron chi connectivity index (χ2n) is 5.01. The van der Waals surface area contributed by atoms with Gasteiger partial charge in [0.15, 0.2) is 0 Å². The van der Waals surface area contributed by atoms with Crippen molar-refractivity contribution < 1.29 is 0 Å². The molecule has 2 aliphatic carbocycles. The summed E-state index contributed by atoms with van der Waals surface area (Å²) in [5, 5.41) is 4.55. The van der Waals surface area contributed by atoms with E-state index in [2.05, 4.69) is 11.2 Å². The van der Waals surface area contributed by atoms with Crippen molar-refractivity contribution in [1.29, 1.82) is 0 Å². The van der Waals surface area contributed by atoms with E-state index in [1.54, 1.807) is 4.68 Å². The summed E-state index contributed by atoms with van der Waals surface area (Å²) in [5.41, 5.74) is 7.49. The predicted octanol–water partition coefficient (Wildman–Crippen LogP) is 1.83. The molecule has 2 fully saturated rings. The van der Waals surface area contributed by atoms with Gasteiger partial charge in [0.25, 0.3) is 0 Å². The first-order chi connectivity index (χ1) is 6.70. The summed E-state index contributed by atoms with van der Waals surface area (Å²) >= 11 is 0. The molecule has 0 saturated heterocycles. The minimum absolute atomic E-state index is 0.403. The highest BCUT2D eigenvalue weighted by molar-refractivity contribution is 5.35. The third-order valence-corrected chi connectivity index (χ3v) is 4.20. The minimum Gasteiger partial charge on any atom is -0.384 e. The van der Waals surface area contributed by atoms with Crippen molar-refractivity contribution >= 4 is 5.82 Å². The molecule has 2 N–H and O–H groups in total. The molecule has 0 amide bonds. The zero-order valence-corrected chi connectivity index (χ0v) is 8.66. The van der Waals surface area contributed by atoms with Crippen LogP contribution in [-0.2, 0) is 12.5 Å². The van der Waals surface area contributed by atoms with Crippen molar-refractivity contribution in [2.45, 2.75) is 37.5 Å². The topological polar surface area (TPSA) is 43.8 Å². The molecule has 3 nitrogen and oxygen atoms in total. The van der Waals surface area contributed by atoms with Crippen molar-refractivity contribution in [2.24, 2.45) is 13.0 Å². The molecule has 76 valence electrons. The largest absolute Gasteiger partial charge is 0.384 e. The molecule has 3 heteroatoms. The fraction of sp³-hybridized carbons (Fsp3) is 0.727. The summed E-state index contributed by atoms with van der Waals surface area (Å²) < 4.78 is 1.80. The van der Waals surface area contributed by atoms with Gasteiger partial charge in [0.05, 0.1) is 5.69 Å². The molecular weight excluding hydrogens is 174 g/mol. The first kappa shape index (κ1) is 8.33. The second kappa shape index (κ2) is 2.53. The summed E-state index contributed by atoms with van der Waals surface area (Å²) in [7, 11) is 1.93. The van der Waals surface area contributed by atoms with E-state index in [1.165, 1.54) is 37.8 Å². The lowest BCUT2D eigenvalue weighted by atomic mass is 9.81. The number of rotatable bonds is 1. The molecule has 0 aromatic carbocycles. The van der Waals surface area contributed by atoms with Crippen LogP contribution in [0.15, 0.2) is 6.07 Å². The van der Waals surface area contributed by atoms with Gasteiger partial charge in [-0.25, -0.2) is 0 Å². The molecule has 0 radical (unpaired) electrons. The van der Waals surface area contributed by atoms with Gasteiger partial charge in [-0.05, 0) is 38.0 Å². The Kier molecular flexibility index (Phi) is 1.50. The molecule has 0 unspecified atom stereocenters. The number of nitrogens with zero attached hydrogens (tertiary/aromatic N) is 2. The second-order valence-corrected chi connectivity index (χ2v) is 5.01. The van der Waals surface area contributed by atoms with Gasteiger partial charge in [-0.15, -0.1) is 0 Å². The standard InChI is InChI=1S/C11H17N3/c1-14-10(12)6-9(13-14)11-4-2-8(7-11)3-5-11/h6,8H,2-5,7,12H2,1H3. The first-order valence-corrected chi connectivity index (χ1v) is 5.50. The molecular formula is C11H17N3. The number of hydrogen-bond donors (Lipinski definition) is 1. The average Bonchev–Trinajstić information content (AvgIpc) is 2.82. The fourth-order valence-corrected chi connectivity index (χ4v) is 3.29. The van der Waals surface area contributed by atoms with Crippen LogP contribution >= 0.6 is 0 Å². The summed E-state index contributed by atoms with van der Waals surface area (Å²) in [4.78, 5) is 0. The average molecular weight is 191 g/mol. The van der Waals surface area contributed by atoms with E-state index < -0.39 is 0 Å². The van der Waals surface area contributed by atoms with Crippen LogP contribution in [0, 0.1) is 5.92 Å². The van der Waals surface area contributed by atoms with E-state index in [1.807, 2.05) is 7.05 Å². The van der Waals surface area contributed by atoms with E-state index in [4.69, 9.17) is 5.73 Å². The maximum absolute atomic E-state index is 5.84. The number of anilines is 1. The lowest BCUT2D eigenvalue weighted by Gasteiger charge is -2.23. The summed E-state index contributed by atoms with van der Waals surface area (Å²) in [6, 6.07) is 2.08. The number of fused-ring (bicyclic) bond motifs is 2. The molecule has 2 saturated carbocycles. The molecule has 14 heavy (non-hydrogen) atoms. The van der Waals surface area contributed by atoms with Gasteiger partial charge in [0.1, 0.15) is 5.82 Å². The van der Waals surface area contributed by atoms with Crippen LogP contribution < -0.4 is 5.73 Å². The highest BCUT2D eigenvalue weighted by Gasteiger charge is 2.47. The Bertz CT molecular complexity index is 339. The smallest absolute Gasteiger partial charge is 0.121 e. The highest BCUT2D eigenvalue weighted by Crippen LogP contribution is 2.54. The van der Waals surface area contributed by atoms with Gasteiger partial charge >= 0.3 is 0 Å². The zero-order valence-electron chi connectivity index (χ0n) is 8.66. The summed E-state index contributed by atoms with van der Waals surface area (Å²) in [6.45, 7) is 0. The number of nitrogens with two attached hydrogens (primary N) is 1. The molecule has 1 aromatic heterocycles. The lowest BCUT2D eigenvalue weighted by molar-refractivity contribution is 0.405. The molecule has 1 aromatic rings. The number of aromatic nitrogens is 2. The first-order valence-electron chi connectivity index (χ1n) is 5.50. The summed E-state index contributed by atoms with van der Waals surface area (Å²) in [6.07, 6.45) is 6.80. The van der Waals surface area contributed by atoms with Crippen LogP contribution in [0.3, 0.4) is 0 Å². The third-order valence-electron chi connectivity index (χ3n) is 4.20. The van der Waals surface area contributed by atoms with Crippen molar-refractivity contribution in [2.75, 3.05) is 5.73 Å². The van der Waals surface area contributed by atoms with Crippen molar-refractivity contribution in [3.8, 4) is 0 Å². The van der Waals surface area contributed by atoms with Crippen LogP contribution in [0.25, 0.3) is 0 Å². The van der Waals surface area contributed by atoms with E-state index in [0.29, 0.717) is 5.41 Å². The van der Waals surface area contributed by atoms with Crippen LogP contribution in [0.4, 0.5) is 5.82 Å². The Balaban J connectivity index is 2.01. The van der Waals surface area contributed by atoms with Crippen LogP contribution in [0.5, 0.6) is 0 Å². The number of aryl methyl sites for hydroxylation is 1. The van der Waals surface area contributed by atoms with E-state index in [-0.39, 0.29) is 0 Å². The molecule has 3 rings (SSSR count). The van der Waals surface area contributed by atoms with Gasteiger partial charge in [-0.1, -0.05) is 0 Å². The fourth-order valence-electron chi connectivity index (χ4n) is 3.29. The molecule has 0 spiro atoms. The third kappa shape index (κ3) is 0.954. The van der Waals surface area contributed by atoms with Gasteiger partial charge in [0.2, 0.25) is 0 Å². The zero-order chi connectivity index (χ0) is 9.76. The van der Waals surface area contributed by atoms with Gasteiger partial charge in [-0.3, -0.25) is 4.68 Å². The van der Waals surface area contributed by atoms with Crippen LogP contribution in [-0.4, -0.2) is 9.78 Å². The van der Waals surface area contributed by atoms with Crippen LogP contribution in [0.2, 0.25) is 0 Å². The lowest BCUT2D eigenvalue weighted by Crippen LogP contribution is -2.20. The van der Waals surface area contributed by atoms with Crippen molar-refractivity contribution in [3.05, 3.63) is 11.8 Å². The Labute approximate surface area is 84.3 Å². The highest BCUT2D eigenvalue weighted by atomic mass is 15.3. The van der Waals surface area contributed by atoms with Crippen LogP contribution in [0.1, 0.15) is 37.8 Å². The van der Waals surface area contributed by atoms with E-state index in [9.17, 15) is 0 Å². The Hall–Kier alpha value is -0.990. The van der Waals surface area contributed by atoms with E-state index in [0.717, 1.165) is 11.7 Å². The Morgan fingerprint density at radius 3 is 2.64 bits per heavy atom. The molecule has 2 bridgehead atoms.